The molecule has 2 atom stereocenters. The lowest BCUT2D eigenvalue weighted by Gasteiger charge is -2.30. The molecule has 0 aliphatic carbocycles. The van der Waals surface area contributed by atoms with Gasteiger partial charge in [-0.2, -0.15) is 0 Å². The van der Waals surface area contributed by atoms with Crippen LogP contribution in [0.15, 0.2) is 53.5 Å². The third-order valence-corrected chi connectivity index (χ3v) is 4.40. The Morgan fingerprint density at radius 3 is 2.58 bits per heavy atom. The van der Waals surface area contributed by atoms with Crippen LogP contribution < -0.4 is 10.1 Å². The molecule has 2 aromatic rings. The highest BCUT2D eigenvalue weighted by molar-refractivity contribution is 6.01. The predicted octanol–water partition coefficient (Wildman–Crippen LogP) is 4.05. The summed E-state index contributed by atoms with van der Waals surface area (Å²) in [7, 11) is 1.67. The first kappa shape index (κ1) is 16.5. The third kappa shape index (κ3) is 3.60. The number of aliphatic imine (C=N–C) groups is 1. The monoisotopic (exact) mass is 324 g/mol. The van der Waals surface area contributed by atoms with E-state index >= 15 is 0 Å². The van der Waals surface area contributed by atoms with E-state index in [1.165, 1.54) is 0 Å². The van der Waals surface area contributed by atoms with Crippen molar-refractivity contribution in [3.05, 3.63) is 59.7 Å². The molecule has 0 amide bonds. The Hall–Kier alpha value is -2.33. The fraction of sp³-hybridized carbons (Fsp3) is 0.350. The second kappa shape index (κ2) is 7.49. The quantitative estimate of drug-likeness (QED) is 0.872. The Balaban J connectivity index is 1.90. The summed E-state index contributed by atoms with van der Waals surface area (Å²) in [5, 5.41) is 13.8. The number of rotatable bonds is 5. The van der Waals surface area contributed by atoms with Crippen LogP contribution in [0.2, 0.25) is 0 Å². The fourth-order valence-corrected chi connectivity index (χ4v) is 3.14. The van der Waals surface area contributed by atoms with E-state index in [1.54, 1.807) is 13.2 Å². The van der Waals surface area contributed by atoms with Crippen LogP contribution in [-0.2, 0) is 0 Å². The highest BCUT2D eigenvalue weighted by Crippen LogP contribution is 2.31. The SMILES string of the molecule is CCC[C@@H]1N=C(c2ccc(OC)cc2)C[C@H](c2ccccc2O)N1. The van der Waals surface area contributed by atoms with E-state index in [0.29, 0.717) is 5.75 Å². The lowest BCUT2D eigenvalue weighted by molar-refractivity contribution is 0.391. The maximum absolute atomic E-state index is 10.2. The summed E-state index contributed by atoms with van der Waals surface area (Å²) < 4.78 is 5.24. The second-order valence-corrected chi connectivity index (χ2v) is 6.09. The summed E-state index contributed by atoms with van der Waals surface area (Å²) in [4.78, 5) is 4.89. The number of phenols is 1. The maximum atomic E-state index is 10.2. The van der Waals surface area contributed by atoms with Gasteiger partial charge in [0, 0.05) is 23.7 Å². The first-order chi connectivity index (χ1) is 11.7. The van der Waals surface area contributed by atoms with Crippen LogP contribution in [0.3, 0.4) is 0 Å². The van der Waals surface area contributed by atoms with Crippen molar-refractivity contribution in [1.82, 2.24) is 5.32 Å². The molecule has 0 unspecified atom stereocenters. The van der Waals surface area contributed by atoms with Gasteiger partial charge in [0.2, 0.25) is 0 Å². The van der Waals surface area contributed by atoms with E-state index in [0.717, 1.165) is 41.9 Å². The van der Waals surface area contributed by atoms with Gasteiger partial charge in [0.25, 0.3) is 0 Å². The van der Waals surface area contributed by atoms with E-state index in [-0.39, 0.29) is 12.2 Å². The fourth-order valence-electron chi connectivity index (χ4n) is 3.14. The van der Waals surface area contributed by atoms with Gasteiger partial charge in [0.1, 0.15) is 17.7 Å². The topological polar surface area (TPSA) is 53.9 Å². The van der Waals surface area contributed by atoms with Gasteiger partial charge >= 0.3 is 0 Å². The summed E-state index contributed by atoms with van der Waals surface area (Å²) in [6.07, 6.45) is 2.86. The molecule has 2 aromatic carbocycles. The van der Waals surface area contributed by atoms with E-state index < -0.39 is 0 Å². The first-order valence-corrected chi connectivity index (χ1v) is 8.46. The van der Waals surface area contributed by atoms with Crippen molar-refractivity contribution in [2.75, 3.05) is 7.11 Å². The molecule has 0 fully saturated rings. The summed E-state index contributed by atoms with van der Waals surface area (Å²) in [5.74, 6) is 1.18. The van der Waals surface area contributed by atoms with Crippen LogP contribution in [0.4, 0.5) is 0 Å². The van der Waals surface area contributed by atoms with Crippen molar-refractivity contribution in [3.8, 4) is 11.5 Å². The molecule has 0 saturated heterocycles. The number of aromatic hydroxyl groups is 1. The molecule has 0 radical (unpaired) electrons. The Bertz CT molecular complexity index is 710. The molecule has 3 rings (SSSR count). The van der Waals surface area contributed by atoms with E-state index in [4.69, 9.17) is 9.73 Å². The zero-order valence-corrected chi connectivity index (χ0v) is 14.2. The Morgan fingerprint density at radius 2 is 1.92 bits per heavy atom. The van der Waals surface area contributed by atoms with Crippen molar-refractivity contribution in [3.63, 3.8) is 0 Å². The molecule has 1 heterocycles. The number of benzene rings is 2. The van der Waals surface area contributed by atoms with E-state index in [9.17, 15) is 5.11 Å². The molecule has 0 bridgehead atoms. The summed E-state index contributed by atoms with van der Waals surface area (Å²) >= 11 is 0. The number of methoxy groups -OCH3 is 1. The molecule has 0 spiro atoms. The standard InChI is InChI=1S/C20H24N2O2/c1-3-6-20-21-17(14-9-11-15(24-2)12-10-14)13-18(22-20)16-7-4-5-8-19(16)23/h4-5,7-12,18,20,22-23H,3,6,13H2,1-2H3/t18-,20-/m1/s1. The maximum Gasteiger partial charge on any atom is 0.120 e. The molecule has 1 aliphatic rings. The van der Waals surface area contributed by atoms with Gasteiger partial charge < -0.3 is 9.84 Å². The number of para-hydroxylation sites is 1. The largest absolute Gasteiger partial charge is 0.508 e. The zero-order chi connectivity index (χ0) is 16.9. The predicted molar refractivity (Wildman–Crippen MR) is 96.8 cm³/mol. The average molecular weight is 324 g/mol. The minimum Gasteiger partial charge on any atom is -0.508 e. The second-order valence-electron chi connectivity index (χ2n) is 6.09. The average Bonchev–Trinajstić information content (AvgIpc) is 2.62. The molecular formula is C20H24N2O2. The molecule has 24 heavy (non-hydrogen) atoms. The minimum atomic E-state index is 0.0670. The normalized spacial score (nSPS) is 20.5. The van der Waals surface area contributed by atoms with Gasteiger partial charge in [-0.25, -0.2) is 0 Å². The molecule has 0 saturated carbocycles. The Kier molecular flexibility index (Phi) is 5.16. The molecular weight excluding hydrogens is 300 g/mol. The lowest BCUT2D eigenvalue weighted by atomic mass is 9.94. The summed E-state index contributed by atoms with van der Waals surface area (Å²) in [6.45, 7) is 2.16. The van der Waals surface area contributed by atoms with Crippen LogP contribution >= 0.6 is 0 Å². The van der Waals surface area contributed by atoms with Crippen LogP contribution in [0.25, 0.3) is 0 Å². The minimum absolute atomic E-state index is 0.0670. The molecule has 0 aromatic heterocycles. The Labute approximate surface area is 143 Å². The van der Waals surface area contributed by atoms with E-state index in [1.807, 2.05) is 42.5 Å². The molecule has 4 nitrogen and oxygen atoms in total. The van der Waals surface area contributed by atoms with Crippen LogP contribution in [0.1, 0.15) is 43.4 Å². The van der Waals surface area contributed by atoms with Gasteiger partial charge in [0.15, 0.2) is 0 Å². The smallest absolute Gasteiger partial charge is 0.120 e. The van der Waals surface area contributed by atoms with Crippen molar-refractivity contribution in [2.45, 2.75) is 38.4 Å². The van der Waals surface area contributed by atoms with Crippen molar-refractivity contribution in [2.24, 2.45) is 4.99 Å². The number of nitrogens with one attached hydrogen (secondary N) is 1. The van der Waals surface area contributed by atoms with Crippen LogP contribution in [0.5, 0.6) is 11.5 Å². The highest BCUT2D eigenvalue weighted by atomic mass is 16.5. The number of phenolic OH excluding ortho intramolecular Hbond substituents is 1. The molecule has 126 valence electrons. The zero-order valence-electron chi connectivity index (χ0n) is 14.2. The molecule has 1 aliphatic heterocycles. The summed E-state index contributed by atoms with van der Waals surface area (Å²) in [6, 6.07) is 15.6. The third-order valence-electron chi connectivity index (χ3n) is 4.40. The number of hydrogen-bond acceptors (Lipinski definition) is 4. The van der Waals surface area contributed by atoms with Gasteiger partial charge in [-0.15, -0.1) is 0 Å². The van der Waals surface area contributed by atoms with Gasteiger partial charge in [-0.05, 0) is 42.3 Å². The molecule has 2 N–H and O–H groups in total. The van der Waals surface area contributed by atoms with Crippen LogP contribution in [-0.4, -0.2) is 24.1 Å². The lowest BCUT2D eigenvalue weighted by Crippen LogP contribution is -2.38. The van der Waals surface area contributed by atoms with Crippen molar-refractivity contribution >= 4 is 5.71 Å². The van der Waals surface area contributed by atoms with Gasteiger partial charge in [-0.1, -0.05) is 31.5 Å². The van der Waals surface area contributed by atoms with Gasteiger partial charge in [0.05, 0.1) is 7.11 Å². The highest BCUT2D eigenvalue weighted by Gasteiger charge is 2.26. The number of nitrogens with zero attached hydrogens (tertiary/aromatic N) is 1. The van der Waals surface area contributed by atoms with Crippen molar-refractivity contribution in [1.29, 1.82) is 0 Å². The Morgan fingerprint density at radius 1 is 1.17 bits per heavy atom. The van der Waals surface area contributed by atoms with Gasteiger partial charge in [-0.3, -0.25) is 10.3 Å². The summed E-state index contributed by atoms with van der Waals surface area (Å²) in [5.41, 5.74) is 3.11. The number of hydrogen-bond donors (Lipinski definition) is 2. The molecule has 4 heteroatoms. The number of ether oxygens (including phenoxy) is 1. The first-order valence-electron chi connectivity index (χ1n) is 8.46. The van der Waals surface area contributed by atoms with Crippen molar-refractivity contribution < 1.29 is 9.84 Å². The van der Waals surface area contributed by atoms with E-state index in [2.05, 4.69) is 12.2 Å². The van der Waals surface area contributed by atoms with Crippen LogP contribution in [0, 0.1) is 0 Å².